The summed E-state index contributed by atoms with van der Waals surface area (Å²) >= 11 is 1.78. The van der Waals surface area contributed by atoms with Crippen LogP contribution in [0.25, 0.3) is 0 Å². The van der Waals surface area contributed by atoms with Crippen molar-refractivity contribution in [2.24, 2.45) is 4.99 Å². The highest BCUT2D eigenvalue weighted by molar-refractivity contribution is 7.98. The fraction of sp³-hybridized carbons (Fsp3) is 0.364. The van der Waals surface area contributed by atoms with E-state index in [9.17, 15) is 0 Å². The predicted molar refractivity (Wildman–Crippen MR) is 67.1 cm³/mol. The molecule has 0 saturated heterocycles. The quantitative estimate of drug-likeness (QED) is 0.277. The third-order valence-electron chi connectivity index (χ3n) is 1.93. The standard InChI is InChI=1S/C11H14N4S/c1-13-11(15-9-12)5-7-16-8-10-4-2-3-6-14-10/h2-4,6H,5,7-8H2,1H3,(H,13,15). The van der Waals surface area contributed by atoms with Gasteiger partial charge in [-0.05, 0) is 12.1 Å². The van der Waals surface area contributed by atoms with Gasteiger partial charge in [0.2, 0.25) is 0 Å². The molecule has 0 aliphatic heterocycles. The van der Waals surface area contributed by atoms with Crippen molar-refractivity contribution in [1.29, 1.82) is 5.26 Å². The van der Waals surface area contributed by atoms with Crippen LogP contribution in [0.1, 0.15) is 12.1 Å². The lowest BCUT2D eigenvalue weighted by Gasteiger charge is -2.02. The van der Waals surface area contributed by atoms with Crippen molar-refractivity contribution >= 4 is 17.6 Å². The van der Waals surface area contributed by atoms with E-state index in [1.54, 1.807) is 25.0 Å². The smallest absolute Gasteiger partial charge is 0.182 e. The van der Waals surface area contributed by atoms with Gasteiger partial charge in [0, 0.05) is 31.2 Å². The first kappa shape index (κ1) is 12.5. The summed E-state index contributed by atoms with van der Waals surface area (Å²) < 4.78 is 0. The van der Waals surface area contributed by atoms with Gasteiger partial charge >= 0.3 is 0 Å². The number of amidine groups is 1. The SMILES string of the molecule is C/N=C(/CCSCc1ccccn1)NC#N. The molecule has 0 radical (unpaired) electrons. The van der Waals surface area contributed by atoms with Gasteiger partial charge in [0.25, 0.3) is 0 Å². The number of aliphatic imine (C=N–C) groups is 1. The minimum atomic E-state index is 0.732. The molecule has 0 unspecified atom stereocenters. The molecule has 1 aromatic heterocycles. The Balaban J connectivity index is 2.20. The molecule has 1 aromatic rings. The number of thioether (sulfide) groups is 1. The molecule has 0 aliphatic rings. The second-order valence-electron chi connectivity index (χ2n) is 3.03. The Hall–Kier alpha value is -1.54. The first-order valence-electron chi connectivity index (χ1n) is 4.95. The van der Waals surface area contributed by atoms with E-state index in [0.717, 1.165) is 29.5 Å². The summed E-state index contributed by atoms with van der Waals surface area (Å²) in [6, 6.07) is 5.90. The van der Waals surface area contributed by atoms with Crippen molar-refractivity contribution in [3.05, 3.63) is 30.1 Å². The van der Waals surface area contributed by atoms with E-state index in [0.29, 0.717) is 0 Å². The Bertz CT molecular complexity index is 369. The molecule has 0 amide bonds. The molecular formula is C11H14N4S. The summed E-state index contributed by atoms with van der Waals surface area (Å²) in [4.78, 5) is 8.21. The molecule has 0 spiro atoms. The fourth-order valence-electron chi connectivity index (χ4n) is 1.12. The van der Waals surface area contributed by atoms with Gasteiger partial charge in [-0.2, -0.15) is 17.0 Å². The lowest BCUT2D eigenvalue weighted by Crippen LogP contribution is -2.18. The summed E-state index contributed by atoms with van der Waals surface area (Å²) in [5.41, 5.74) is 1.08. The maximum atomic E-state index is 8.44. The van der Waals surface area contributed by atoms with Crippen molar-refractivity contribution < 1.29 is 0 Å². The minimum Gasteiger partial charge on any atom is -0.281 e. The van der Waals surface area contributed by atoms with E-state index < -0.39 is 0 Å². The Morgan fingerprint density at radius 1 is 1.62 bits per heavy atom. The van der Waals surface area contributed by atoms with Crippen LogP contribution in [0.5, 0.6) is 0 Å². The average Bonchev–Trinajstić information content (AvgIpc) is 2.34. The maximum Gasteiger partial charge on any atom is 0.182 e. The van der Waals surface area contributed by atoms with E-state index in [4.69, 9.17) is 5.26 Å². The number of nitrogens with one attached hydrogen (secondary N) is 1. The van der Waals surface area contributed by atoms with Crippen LogP contribution in [0.15, 0.2) is 29.4 Å². The van der Waals surface area contributed by atoms with Gasteiger partial charge in [-0.25, -0.2) is 0 Å². The van der Waals surface area contributed by atoms with Crippen LogP contribution in [-0.2, 0) is 5.75 Å². The van der Waals surface area contributed by atoms with Crippen LogP contribution < -0.4 is 5.32 Å². The summed E-state index contributed by atoms with van der Waals surface area (Å²) in [5, 5.41) is 11.0. The van der Waals surface area contributed by atoms with Gasteiger partial charge in [-0.3, -0.25) is 15.3 Å². The predicted octanol–water partition coefficient (Wildman–Crippen LogP) is 1.80. The topological polar surface area (TPSA) is 61.1 Å². The van der Waals surface area contributed by atoms with Crippen LogP contribution in [0.4, 0.5) is 0 Å². The average molecular weight is 234 g/mol. The molecule has 0 bridgehead atoms. The Morgan fingerprint density at radius 2 is 2.50 bits per heavy atom. The third-order valence-corrected chi connectivity index (χ3v) is 2.92. The van der Waals surface area contributed by atoms with Crippen molar-refractivity contribution in [3.8, 4) is 6.19 Å². The number of rotatable bonds is 5. The molecule has 0 aromatic carbocycles. The number of aromatic nitrogens is 1. The van der Waals surface area contributed by atoms with E-state index in [-0.39, 0.29) is 0 Å². The molecule has 16 heavy (non-hydrogen) atoms. The van der Waals surface area contributed by atoms with Crippen molar-refractivity contribution in [3.63, 3.8) is 0 Å². The molecule has 1 rings (SSSR count). The number of pyridine rings is 1. The van der Waals surface area contributed by atoms with Gasteiger partial charge in [0.1, 0.15) is 5.84 Å². The van der Waals surface area contributed by atoms with Gasteiger partial charge in [-0.15, -0.1) is 0 Å². The minimum absolute atomic E-state index is 0.732. The zero-order valence-corrected chi connectivity index (χ0v) is 10.00. The van der Waals surface area contributed by atoms with Crippen LogP contribution in [-0.4, -0.2) is 23.6 Å². The highest BCUT2D eigenvalue weighted by Gasteiger charge is 1.98. The number of hydrogen-bond donors (Lipinski definition) is 1. The van der Waals surface area contributed by atoms with Crippen molar-refractivity contribution in [1.82, 2.24) is 10.3 Å². The van der Waals surface area contributed by atoms with Gasteiger partial charge in [0.15, 0.2) is 6.19 Å². The van der Waals surface area contributed by atoms with Crippen LogP contribution in [0, 0.1) is 11.5 Å². The molecular weight excluding hydrogens is 220 g/mol. The second kappa shape index (κ2) is 7.71. The zero-order valence-electron chi connectivity index (χ0n) is 9.18. The zero-order chi connectivity index (χ0) is 11.6. The molecule has 0 fully saturated rings. The lowest BCUT2D eigenvalue weighted by molar-refractivity contribution is 1.12. The Kier molecular flexibility index (Phi) is 6.04. The van der Waals surface area contributed by atoms with Gasteiger partial charge in [-0.1, -0.05) is 6.07 Å². The van der Waals surface area contributed by atoms with Gasteiger partial charge < -0.3 is 0 Å². The van der Waals surface area contributed by atoms with E-state index >= 15 is 0 Å². The molecule has 0 aliphatic carbocycles. The summed E-state index contributed by atoms with van der Waals surface area (Å²) in [6.45, 7) is 0. The molecule has 1 heterocycles. The Labute approximate surface area is 99.8 Å². The largest absolute Gasteiger partial charge is 0.281 e. The maximum absolute atomic E-state index is 8.44. The summed E-state index contributed by atoms with van der Waals surface area (Å²) in [7, 11) is 1.68. The monoisotopic (exact) mass is 234 g/mol. The van der Waals surface area contributed by atoms with Crippen LogP contribution in [0.2, 0.25) is 0 Å². The fourth-order valence-corrected chi connectivity index (χ4v) is 1.99. The molecule has 0 atom stereocenters. The first-order valence-corrected chi connectivity index (χ1v) is 6.10. The number of nitriles is 1. The number of nitrogens with zero attached hydrogens (tertiary/aromatic N) is 3. The lowest BCUT2D eigenvalue weighted by atomic mass is 10.4. The summed E-state index contributed by atoms with van der Waals surface area (Å²) in [5.74, 6) is 2.55. The number of hydrogen-bond acceptors (Lipinski definition) is 4. The molecule has 4 nitrogen and oxygen atoms in total. The highest BCUT2D eigenvalue weighted by atomic mass is 32.2. The summed E-state index contributed by atoms with van der Waals surface area (Å²) in [6.07, 6.45) is 4.45. The molecule has 1 N–H and O–H groups in total. The molecule has 0 saturated carbocycles. The van der Waals surface area contributed by atoms with E-state index in [2.05, 4.69) is 15.3 Å². The molecule has 5 heteroatoms. The van der Waals surface area contributed by atoms with Crippen LogP contribution in [0.3, 0.4) is 0 Å². The Morgan fingerprint density at radius 3 is 3.12 bits per heavy atom. The van der Waals surface area contributed by atoms with Crippen molar-refractivity contribution in [2.75, 3.05) is 12.8 Å². The normalized spacial score (nSPS) is 10.9. The van der Waals surface area contributed by atoms with Crippen LogP contribution >= 0.6 is 11.8 Å². The second-order valence-corrected chi connectivity index (χ2v) is 4.14. The van der Waals surface area contributed by atoms with E-state index in [1.807, 2.05) is 24.4 Å². The highest BCUT2D eigenvalue weighted by Crippen LogP contribution is 2.10. The molecule has 84 valence electrons. The first-order chi connectivity index (χ1) is 7.86. The van der Waals surface area contributed by atoms with Crippen molar-refractivity contribution in [2.45, 2.75) is 12.2 Å². The van der Waals surface area contributed by atoms with E-state index in [1.165, 1.54) is 0 Å². The third kappa shape index (κ3) is 4.80. The van der Waals surface area contributed by atoms with Gasteiger partial charge in [0.05, 0.1) is 5.69 Å².